The zero-order valence-electron chi connectivity index (χ0n) is 12.8. The third kappa shape index (κ3) is 3.92. The molecule has 1 unspecified atom stereocenters. The molecule has 1 saturated carbocycles. The summed E-state index contributed by atoms with van der Waals surface area (Å²) in [7, 11) is 0. The second-order valence-corrected chi connectivity index (χ2v) is 7.00. The Morgan fingerprint density at radius 1 is 1.35 bits per heavy atom. The molecule has 0 amide bonds. The molecule has 4 nitrogen and oxygen atoms in total. The minimum atomic E-state index is -1.46. The largest absolute Gasteiger partial charge is 0.333 e. The molecule has 1 N–H and O–H groups in total. The first-order valence-corrected chi connectivity index (χ1v) is 8.83. The van der Waals surface area contributed by atoms with Crippen molar-refractivity contribution in [3.63, 3.8) is 0 Å². The summed E-state index contributed by atoms with van der Waals surface area (Å²) in [5.41, 5.74) is 2.22. The lowest BCUT2D eigenvalue weighted by Gasteiger charge is -2.21. The molecule has 114 valence electrons. The first-order valence-electron chi connectivity index (χ1n) is 7.75. The highest BCUT2D eigenvalue weighted by Crippen LogP contribution is 2.29. The standard InChI is InChI=1S/C15H26N2O2S/c1-4-19-20(18)15-16-13(14(17-15)11(2)3)10-12-8-6-5-7-9-12/h11-12H,4-10H2,1-3H3,(H,16,17). The van der Waals surface area contributed by atoms with Crippen LogP contribution in [-0.4, -0.2) is 20.8 Å². The molecule has 1 heterocycles. The topological polar surface area (TPSA) is 55.0 Å². The van der Waals surface area contributed by atoms with Gasteiger partial charge in [-0.05, 0) is 25.2 Å². The Balaban J connectivity index is 2.14. The molecule has 1 aromatic rings. The predicted molar refractivity (Wildman–Crippen MR) is 81.0 cm³/mol. The van der Waals surface area contributed by atoms with Gasteiger partial charge in [0.1, 0.15) is 0 Å². The Hall–Kier alpha value is -0.680. The molecule has 0 aromatic carbocycles. The van der Waals surface area contributed by atoms with Gasteiger partial charge in [0.05, 0.1) is 12.3 Å². The van der Waals surface area contributed by atoms with Crippen LogP contribution in [0.5, 0.6) is 0 Å². The third-order valence-corrected chi connectivity index (χ3v) is 4.90. The molecule has 0 saturated heterocycles. The predicted octanol–water partition coefficient (Wildman–Crippen LogP) is 3.72. The summed E-state index contributed by atoms with van der Waals surface area (Å²) >= 11 is -1.46. The van der Waals surface area contributed by atoms with Crippen LogP contribution in [0.25, 0.3) is 0 Å². The number of aromatic nitrogens is 2. The molecule has 2 rings (SSSR count). The summed E-state index contributed by atoms with van der Waals surface area (Å²) in [5, 5.41) is 0.473. The molecule has 0 spiro atoms. The van der Waals surface area contributed by atoms with E-state index in [9.17, 15) is 4.21 Å². The van der Waals surface area contributed by atoms with Crippen molar-refractivity contribution in [3.05, 3.63) is 11.4 Å². The van der Waals surface area contributed by atoms with Crippen LogP contribution in [0, 0.1) is 5.92 Å². The minimum absolute atomic E-state index is 0.345. The number of aromatic amines is 1. The number of rotatable bonds is 6. The smallest absolute Gasteiger partial charge is 0.226 e. The molecule has 0 bridgehead atoms. The maximum Gasteiger partial charge on any atom is 0.226 e. The summed E-state index contributed by atoms with van der Waals surface area (Å²) in [6, 6.07) is 0. The zero-order valence-corrected chi connectivity index (χ0v) is 13.6. The summed E-state index contributed by atoms with van der Waals surface area (Å²) < 4.78 is 17.1. The molecular formula is C15H26N2O2S. The lowest BCUT2D eigenvalue weighted by Crippen LogP contribution is -2.11. The quantitative estimate of drug-likeness (QED) is 0.871. The van der Waals surface area contributed by atoms with Crippen molar-refractivity contribution >= 4 is 11.1 Å². The van der Waals surface area contributed by atoms with Gasteiger partial charge >= 0.3 is 0 Å². The van der Waals surface area contributed by atoms with Crippen LogP contribution in [0.3, 0.4) is 0 Å². The van der Waals surface area contributed by atoms with Gasteiger partial charge in [0.25, 0.3) is 0 Å². The Morgan fingerprint density at radius 3 is 2.65 bits per heavy atom. The fraction of sp³-hybridized carbons (Fsp3) is 0.800. The van der Waals surface area contributed by atoms with Crippen LogP contribution in [-0.2, 0) is 21.7 Å². The maximum atomic E-state index is 11.9. The van der Waals surface area contributed by atoms with Crippen molar-refractivity contribution in [1.82, 2.24) is 9.97 Å². The first kappa shape index (κ1) is 15.7. The molecule has 5 heteroatoms. The molecule has 1 aliphatic rings. The van der Waals surface area contributed by atoms with Gasteiger partial charge in [0.15, 0.2) is 0 Å². The van der Waals surface area contributed by atoms with Gasteiger partial charge in [-0.2, -0.15) is 0 Å². The molecule has 20 heavy (non-hydrogen) atoms. The van der Waals surface area contributed by atoms with Gasteiger partial charge in [0.2, 0.25) is 16.2 Å². The van der Waals surface area contributed by atoms with Crippen molar-refractivity contribution < 1.29 is 8.39 Å². The third-order valence-electron chi connectivity index (χ3n) is 3.94. The lowest BCUT2D eigenvalue weighted by atomic mass is 9.85. The molecule has 1 fully saturated rings. The number of nitrogens with zero attached hydrogens (tertiary/aromatic N) is 1. The second kappa shape index (κ2) is 7.36. The molecule has 0 radical (unpaired) electrons. The van der Waals surface area contributed by atoms with E-state index in [2.05, 4.69) is 23.8 Å². The van der Waals surface area contributed by atoms with Crippen molar-refractivity contribution in [2.24, 2.45) is 5.92 Å². The SMILES string of the molecule is CCOS(=O)c1nc(C(C)C)c(CC2CCCCC2)[nH]1. The highest BCUT2D eigenvalue weighted by atomic mass is 32.2. The Labute approximate surface area is 124 Å². The van der Waals surface area contributed by atoms with Crippen LogP contribution in [0.1, 0.15) is 70.2 Å². The average molecular weight is 298 g/mol. The maximum absolute atomic E-state index is 11.9. The van der Waals surface area contributed by atoms with Gasteiger partial charge in [-0.25, -0.2) is 9.19 Å². The zero-order chi connectivity index (χ0) is 14.5. The van der Waals surface area contributed by atoms with Gasteiger partial charge in [-0.1, -0.05) is 46.0 Å². The van der Waals surface area contributed by atoms with Crippen molar-refractivity contribution in [2.75, 3.05) is 6.61 Å². The summed E-state index contributed by atoms with van der Waals surface area (Å²) in [6.07, 6.45) is 7.70. The number of hydrogen-bond donors (Lipinski definition) is 1. The second-order valence-electron chi connectivity index (χ2n) is 5.91. The van der Waals surface area contributed by atoms with Crippen LogP contribution < -0.4 is 0 Å². The van der Waals surface area contributed by atoms with E-state index < -0.39 is 11.1 Å². The monoisotopic (exact) mass is 298 g/mol. The summed E-state index contributed by atoms with van der Waals surface area (Å²) in [6.45, 7) is 6.54. The van der Waals surface area contributed by atoms with Crippen molar-refractivity contribution in [1.29, 1.82) is 0 Å². The van der Waals surface area contributed by atoms with Gasteiger partial charge < -0.3 is 4.98 Å². The van der Waals surface area contributed by atoms with Crippen LogP contribution in [0.4, 0.5) is 0 Å². The minimum Gasteiger partial charge on any atom is -0.333 e. The van der Waals surface area contributed by atoms with E-state index in [1.807, 2.05) is 6.92 Å². The van der Waals surface area contributed by atoms with E-state index in [0.717, 1.165) is 23.7 Å². The highest BCUT2D eigenvalue weighted by molar-refractivity contribution is 7.80. The van der Waals surface area contributed by atoms with E-state index in [-0.39, 0.29) is 0 Å². The number of H-pyrrole nitrogens is 1. The van der Waals surface area contributed by atoms with E-state index >= 15 is 0 Å². The molecular weight excluding hydrogens is 272 g/mol. The van der Waals surface area contributed by atoms with Gasteiger partial charge in [-0.3, -0.25) is 4.18 Å². The van der Waals surface area contributed by atoms with Gasteiger partial charge in [0, 0.05) is 5.69 Å². The van der Waals surface area contributed by atoms with E-state index in [1.54, 1.807) is 0 Å². The fourth-order valence-corrected chi connectivity index (χ4v) is 3.66. The first-order chi connectivity index (χ1) is 9.61. The normalized spacial score (nSPS) is 18.6. The highest BCUT2D eigenvalue weighted by Gasteiger charge is 2.21. The Morgan fingerprint density at radius 2 is 2.05 bits per heavy atom. The average Bonchev–Trinajstić information content (AvgIpc) is 2.84. The molecule has 0 aliphatic heterocycles. The fourth-order valence-electron chi connectivity index (χ4n) is 2.95. The number of hydrogen-bond acceptors (Lipinski definition) is 3. The van der Waals surface area contributed by atoms with E-state index in [4.69, 9.17) is 4.18 Å². The van der Waals surface area contributed by atoms with E-state index in [1.165, 1.54) is 32.1 Å². The summed E-state index contributed by atoms with van der Waals surface area (Å²) in [4.78, 5) is 7.77. The van der Waals surface area contributed by atoms with Crippen molar-refractivity contribution in [2.45, 2.75) is 70.4 Å². The number of imidazole rings is 1. The van der Waals surface area contributed by atoms with Crippen LogP contribution >= 0.6 is 0 Å². The van der Waals surface area contributed by atoms with Crippen LogP contribution in [0.2, 0.25) is 0 Å². The molecule has 1 aliphatic carbocycles. The molecule has 1 atom stereocenters. The van der Waals surface area contributed by atoms with Gasteiger partial charge in [-0.15, -0.1) is 0 Å². The Bertz CT molecular complexity index is 451. The number of nitrogens with one attached hydrogen (secondary N) is 1. The van der Waals surface area contributed by atoms with Crippen LogP contribution in [0.15, 0.2) is 5.16 Å². The summed E-state index contributed by atoms with van der Waals surface area (Å²) in [5.74, 6) is 1.09. The lowest BCUT2D eigenvalue weighted by molar-refractivity contribution is 0.353. The Kier molecular flexibility index (Phi) is 5.78. The van der Waals surface area contributed by atoms with E-state index in [0.29, 0.717) is 17.7 Å². The molecule has 1 aromatic heterocycles. The van der Waals surface area contributed by atoms with Crippen molar-refractivity contribution in [3.8, 4) is 0 Å².